The molecule has 2 N–H and O–H groups in total. The van der Waals surface area contributed by atoms with E-state index in [1.54, 1.807) is 0 Å². The van der Waals surface area contributed by atoms with Crippen LogP contribution in [-0.4, -0.2) is 26.1 Å². The summed E-state index contributed by atoms with van der Waals surface area (Å²) >= 11 is 0. The lowest BCUT2D eigenvalue weighted by Gasteiger charge is -2.07. The second kappa shape index (κ2) is 7.68. The van der Waals surface area contributed by atoms with Crippen LogP contribution in [0.2, 0.25) is 0 Å². The summed E-state index contributed by atoms with van der Waals surface area (Å²) in [4.78, 5) is 11.6. The van der Waals surface area contributed by atoms with Crippen molar-refractivity contribution in [3.05, 3.63) is 24.3 Å². The minimum absolute atomic E-state index is 0.0360. The predicted octanol–water partition coefficient (Wildman–Crippen LogP) is 2.02. The molecule has 0 atom stereocenters. The maximum atomic E-state index is 11.6. The van der Waals surface area contributed by atoms with Crippen LogP contribution in [0.4, 0.5) is 5.69 Å². The number of benzene rings is 1. The Balaban J connectivity index is 2.44. The van der Waals surface area contributed by atoms with E-state index in [0.717, 1.165) is 24.4 Å². The molecule has 0 aromatic heterocycles. The lowest BCUT2D eigenvalue weighted by Crippen LogP contribution is -2.15. The molecule has 0 unspecified atom stereocenters. The Labute approximate surface area is 102 Å². The van der Waals surface area contributed by atoms with E-state index in [4.69, 9.17) is 4.74 Å². The Kier molecular flexibility index (Phi) is 6.10. The molecule has 0 spiro atoms. The molecule has 0 radical (unpaired) electrons. The molecule has 1 rings (SSSR count). The van der Waals surface area contributed by atoms with Crippen LogP contribution in [0.1, 0.15) is 19.8 Å². The van der Waals surface area contributed by atoms with Crippen LogP contribution < -0.4 is 15.4 Å². The molecule has 0 fully saturated rings. The molecule has 0 aliphatic heterocycles. The van der Waals surface area contributed by atoms with E-state index in [1.165, 1.54) is 0 Å². The van der Waals surface area contributed by atoms with Gasteiger partial charge in [-0.2, -0.15) is 0 Å². The fourth-order valence-corrected chi connectivity index (χ4v) is 1.48. The van der Waals surface area contributed by atoms with Crippen molar-refractivity contribution >= 4 is 11.6 Å². The van der Waals surface area contributed by atoms with Gasteiger partial charge in [0.2, 0.25) is 5.91 Å². The number of carbonyl (C=O) groups excluding carboxylic acids is 1. The number of anilines is 1. The van der Waals surface area contributed by atoms with Gasteiger partial charge in [0.1, 0.15) is 5.75 Å². The zero-order chi connectivity index (χ0) is 12.5. The van der Waals surface area contributed by atoms with Gasteiger partial charge in [0.05, 0.1) is 6.61 Å². The van der Waals surface area contributed by atoms with E-state index in [9.17, 15) is 4.79 Å². The third-order valence-corrected chi connectivity index (χ3v) is 2.26. The fourth-order valence-electron chi connectivity index (χ4n) is 1.48. The van der Waals surface area contributed by atoms with Crippen molar-refractivity contribution in [2.75, 3.05) is 25.5 Å². The molecule has 0 saturated carbocycles. The van der Waals surface area contributed by atoms with Crippen molar-refractivity contribution in [3.63, 3.8) is 0 Å². The number of ether oxygens (including phenoxy) is 1. The highest BCUT2D eigenvalue weighted by Crippen LogP contribution is 2.17. The molecule has 4 nitrogen and oxygen atoms in total. The first kappa shape index (κ1) is 13.5. The van der Waals surface area contributed by atoms with Gasteiger partial charge >= 0.3 is 0 Å². The molecular formula is C13H20N2O2. The molecule has 1 aromatic carbocycles. The molecule has 94 valence electrons. The second-order valence-electron chi connectivity index (χ2n) is 3.72. The zero-order valence-electron chi connectivity index (χ0n) is 10.5. The minimum Gasteiger partial charge on any atom is -0.494 e. The molecule has 0 saturated heterocycles. The standard InChI is InChI=1S/C13H20N2O2/c1-3-17-12-7-4-6-11(10-12)15-13(16)8-5-9-14-2/h4,6-7,10,14H,3,5,8-9H2,1-2H3,(H,15,16). The van der Waals surface area contributed by atoms with Crippen molar-refractivity contribution in [2.45, 2.75) is 19.8 Å². The summed E-state index contributed by atoms with van der Waals surface area (Å²) in [5, 5.41) is 5.87. The van der Waals surface area contributed by atoms with Gasteiger partial charge in [0.15, 0.2) is 0 Å². The predicted molar refractivity (Wildman–Crippen MR) is 69.4 cm³/mol. The lowest BCUT2D eigenvalue weighted by molar-refractivity contribution is -0.116. The lowest BCUT2D eigenvalue weighted by atomic mass is 10.2. The first-order chi connectivity index (χ1) is 8.26. The van der Waals surface area contributed by atoms with Gasteiger partial charge in [-0.3, -0.25) is 4.79 Å². The van der Waals surface area contributed by atoms with Gasteiger partial charge in [-0.05, 0) is 39.1 Å². The summed E-state index contributed by atoms with van der Waals surface area (Å²) in [6.45, 7) is 3.41. The zero-order valence-corrected chi connectivity index (χ0v) is 10.5. The highest BCUT2D eigenvalue weighted by Gasteiger charge is 2.02. The maximum Gasteiger partial charge on any atom is 0.224 e. The monoisotopic (exact) mass is 236 g/mol. The smallest absolute Gasteiger partial charge is 0.224 e. The van der Waals surface area contributed by atoms with Crippen LogP contribution in [0.15, 0.2) is 24.3 Å². The van der Waals surface area contributed by atoms with E-state index in [-0.39, 0.29) is 5.91 Å². The van der Waals surface area contributed by atoms with Gasteiger partial charge < -0.3 is 15.4 Å². The SMILES string of the molecule is CCOc1cccc(NC(=O)CCCNC)c1. The van der Waals surface area contributed by atoms with E-state index < -0.39 is 0 Å². The van der Waals surface area contributed by atoms with E-state index in [0.29, 0.717) is 13.0 Å². The second-order valence-corrected chi connectivity index (χ2v) is 3.72. The van der Waals surface area contributed by atoms with Crippen LogP contribution in [0.3, 0.4) is 0 Å². The Morgan fingerprint density at radius 3 is 2.94 bits per heavy atom. The van der Waals surface area contributed by atoms with Crippen LogP contribution in [0.25, 0.3) is 0 Å². The van der Waals surface area contributed by atoms with E-state index >= 15 is 0 Å². The van der Waals surface area contributed by atoms with Crippen molar-refractivity contribution < 1.29 is 9.53 Å². The molecule has 0 aliphatic carbocycles. The normalized spacial score (nSPS) is 10.0. The van der Waals surface area contributed by atoms with Crippen molar-refractivity contribution in [1.82, 2.24) is 5.32 Å². The number of carbonyl (C=O) groups is 1. The molecular weight excluding hydrogens is 216 g/mol. The first-order valence-corrected chi connectivity index (χ1v) is 5.93. The maximum absolute atomic E-state index is 11.6. The topological polar surface area (TPSA) is 50.4 Å². The molecule has 0 bridgehead atoms. The third-order valence-electron chi connectivity index (χ3n) is 2.26. The Bertz CT molecular complexity index is 353. The molecule has 4 heteroatoms. The summed E-state index contributed by atoms with van der Waals surface area (Å²) in [5.41, 5.74) is 0.783. The fraction of sp³-hybridized carbons (Fsp3) is 0.462. The van der Waals surface area contributed by atoms with Crippen molar-refractivity contribution in [3.8, 4) is 5.75 Å². The Morgan fingerprint density at radius 1 is 1.41 bits per heavy atom. The van der Waals surface area contributed by atoms with Gasteiger partial charge in [0.25, 0.3) is 0 Å². The Morgan fingerprint density at radius 2 is 2.24 bits per heavy atom. The molecule has 0 heterocycles. The number of hydrogen-bond acceptors (Lipinski definition) is 3. The van der Waals surface area contributed by atoms with Crippen LogP contribution in [0.5, 0.6) is 5.75 Å². The first-order valence-electron chi connectivity index (χ1n) is 5.93. The number of rotatable bonds is 7. The van der Waals surface area contributed by atoms with E-state index in [1.807, 2.05) is 38.2 Å². The minimum atomic E-state index is 0.0360. The number of amides is 1. The van der Waals surface area contributed by atoms with Gasteiger partial charge in [-0.25, -0.2) is 0 Å². The summed E-state index contributed by atoms with van der Waals surface area (Å²) < 4.78 is 5.37. The molecule has 17 heavy (non-hydrogen) atoms. The highest BCUT2D eigenvalue weighted by atomic mass is 16.5. The summed E-state index contributed by atoms with van der Waals surface area (Å²) in [6.07, 6.45) is 1.37. The quantitative estimate of drug-likeness (QED) is 0.712. The molecule has 1 amide bonds. The average Bonchev–Trinajstić information content (AvgIpc) is 2.30. The number of nitrogens with one attached hydrogen (secondary N) is 2. The summed E-state index contributed by atoms with van der Waals surface area (Å²) in [5.74, 6) is 0.814. The Hall–Kier alpha value is -1.55. The van der Waals surface area contributed by atoms with Crippen molar-refractivity contribution in [2.24, 2.45) is 0 Å². The van der Waals surface area contributed by atoms with Gasteiger partial charge in [-0.1, -0.05) is 6.07 Å². The van der Waals surface area contributed by atoms with E-state index in [2.05, 4.69) is 10.6 Å². The van der Waals surface area contributed by atoms with Crippen LogP contribution in [-0.2, 0) is 4.79 Å². The van der Waals surface area contributed by atoms with Crippen LogP contribution in [0, 0.1) is 0 Å². The highest BCUT2D eigenvalue weighted by molar-refractivity contribution is 5.90. The van der Waals surface area contributed by atoms with Gasteiger partial charge in [0, 0.05) is 18.2 Å². The molecule has 0 aliphatic rings. The van der Waals surface area contributed by atoms with Crippen molar-refractivity contribution in [1.29, 1.82) is 0 Å². The summed E-state index contributed by atoms with van der Waals surface area (Å²) in [6, 6.07) is 7.44. The van der Waals surface area contributed by atoms with Gasteiger partial charge in [-0.15, -0.1) is 0 Å². The van der Waals surface area contributed by atoms with Crippen LogP contribution >= 0.6 is 0 Å². The number of hydrogen-bond donors (Lipinski definition) is 2. The average molecular weight is 236 g/mol. The third kappa shape index (κ3) is 5.36. The largest absolute Gasteiger partial charge is 0.494 e. The summed E-state index contributed by atoms with van der Waals surface area (Å²) in [7, 11) is 1.88. The molecule has 1 aromatic rings.